The number of hydrogen-bond acceptors (Lipinski definition) is 5. The molecule has 1 rings (SSSR count). The van der Waals surface area contributed by atoms with Crippen molar-refractivity contribution in [2.24, 2.45) is 5.73 Å². The van der Waals surface area contributed by atoms with Gasteiger partial charge in [0.25, 0.3) is 0 Å². The highest BCUT2D eigenvalue weighted by molar-refractivity contribution is 7.84. The Bertz CT molecular complexity index is 410. The van der Waals surface area contributed by atoms with Gasteiger partial charge in [0.2, 0.25) is 0 Å². The van der Waals surface area contributed by atoms with E-state index in [1.165, 1.54) is 6.20 Å². The van der Waals surface area contributed by atoms with Crippen molar-refractivity contribution in [1.82, 2.24) is 10.2 Å². The minimum Gasteiger partial charge on any atom is -0.389 e. The van der Waals surface area contributed by atoms with Crippen LogP contribution >= 0.6 is 12.2 Å². The van der Waals surface area contributed by atoms with Gasteiger partial charge in [-0.15, -0.1) is 5.10 Å². The number of nitrogens with one attached hydrogen (secondary N) is 1. The van der Waals surface area contributed by atoms with Crippen molar-refractivity contribution >= 4 is 33.8 Å². The predicted molar refractivity (Wildman–Crippen MR) is 69.9 cm³/mol. The molecule has 0 aliphatic carbocycles. The molecule has 0 saturated carbocycles. The van der Waals surface area contributed by atoms with Crippen molar-refractivity contribution in [3.63, 3.8) is 0 Å². The summed E-state index contributed by atoms with van der Waals surface area (Å²) in [6.45, 7) is 1.92. The average Bonchev–Trinajstić information content (AvgIpc) is 2.16. The van der Waals surface area contributed by atoms with Crippen LogP contribution in [0.25, 0.3) is 0 Å². The Morgan fingerprint density at radius 3 is 3.00 bits per heavy atom. The number of anilines is 1. The maximum atomic E-state index is 11.0. The van der Waals surface area contributed by atoms with Gasteiger partial charge in [-0.2, -0.15) is 5.10 Å². The molecule has 2 unspecified atom stereocenters. The summed E-state index contributed by atoms with van der Waals surface area (Å²) in [4.78, 5) is 0.266. The van der Waals surface area contributed by atoms with Crippen molar-refractivity contribution in [2.75, 3.05) is 17.3 Å². The van der Waals surface area contributed by atoms with Crippen LogP contribution in [0.5, 0.6) is 0 Å². The summed E-state index contributed by atoms with van der Waals surface area (Å²) in [5.41, 5.74) is 6.21. The molecular formula is C9H14N4OS2. The van der Waals surface area contributed by atoms with Gasteiger partial charge in [0.1, 0.15) is 4.99 Å². The summed E-state index contributed by atoms with van der Waals surface area (Å²) >= 11 is 4.90. The van der Waals surface area contributed by atoms with Crippen LogP contribution < -0.4 is 11.1 Å². The van der Waals surface area contributed by atoms with E-state index in [0.29, 0.717) is 17.1 Å². The molecule has 2 atom stereocenters. The molecule has 0 radical (unpaired) electrons. The second-order valence-electron chi connectivity index (χ2n) is 3.44. The summed E-state index contributed by atoms with van der Waals surface area (Å²) < 4.78 is 11.0. The molecule has 16 heavy (non-hydrogen) atoms. The molecule has 3 N–H and O–H groups in total. The lowest BCUT2D eigenvalue weighted by Crippen LogP contribution is -2.25. The molecule has 0 aliphatic heterocycles. The second-order valence-corrected chi connectivity index (χ2v) is 5.36. The van der Waals surface area contributed by atoms with E-state index in [9.17, 15) is 4.21 Å². The lowest BCUT2D eigenvalue weighted by Gasteiger charge is -2.14. The van der Waals surface area contributed by atoms with Crippen molar-refractivity contribution < 1.29 is 4.21 Å². The fourth-order valence-corrected chi connectivity index (χ4v) is 2.22. The first kappa shape index (κ1) is 13.0. The molecule has 0 aliphatic rings. The molecule has 0 amide bonds. The van der Waals surface area contributed by atoms with E-state index in [4.69, 9.17) is 18.0 Å². The third-order valence-corrected chi connectivity index (χ3v) is 3.04. The molecule has 1 aromatic heterocycles. The van der Waals surface area contributed by atoms with Crippen LogP contribution in [0.3, 0.4) is 0 Å². The fraction of sp³-hybridized carbons (Fsp3) is 0.444. The van der Waals surface area contributed by atoms with E-state index in [1.807, 2.05) is 6.92 Å². The minimum atomic E-state index is -0.861. The molecule has 1 aromatic rings. The van der Waals surface area contributed by atoms with Crippen molar-refractivity contribution in [1.29, 1.82) is 0 Å². The summed E-state index contributed by atoms with van der Waals surface area (Å²) in [6, 6.07) is 1.73. The predicted octanol–water partition coefficient (Wildman–Crippen LogP) is 0.290. The van der Waals surface area contributed by atoms with Crippen molar-refractivity contribution in [2.45, 2.75) is 13.0 Å². The number of hydrogen-bond donors (Lipinski definition) is 2. The molecule has 0 spiro atoms. The molecule has 0 bridgehead atoms. The first-order chi connectivity index (χ1) is 7.50. The van der Waals surface area contributed by atoms with Crippen LogP contribution in [-0.4, -0.2) is 37.4 Å². The molecule has 1 heterocycles. The van der Waals surface area contributed by atoms with Crippen LogP contribution in [-0.2, 0) is 10.8 Å². The first-order valence-corrected chi connectivity index (χ1v) is 6.82. The Hall–Kier alpha value is -1.08. The maximum Gasteiger partial charge on any atom is 0.159 e. The fourth-order valence-electron chi connectivity index (χ4n) is 1.26. The topological polar surface area (TPSA) is 80.9 Å². The summed E-state index contributed by atoms with van der Waals surface area (Å²) in [7, 11) is -0.861. The summed E-state index contributed by atoms with van der Waals surface area (Å²) in [6.07, 6.45) is 3.19. The van der Waals surface area contributed by atoms with Crippen LogP contribution in [0.2, 0.25) is 0 Å². The van der Waals surface area contributed by atoms with Crippen LogP contribution in [0.4, 0.5) is 5.82 Å². The van der Waals surface area contributed by atoms with E-state index in [-0.39, 0.29) is 11.0 Å². The molecule has 88 valence electrons. The first-order valence-electron chi connectivity index (χ1n) is 4.68. The SMILES string of the molecule is CC(CS(C)=O)Nc1nnccc1C(N)=S. The Kier molecular flexibility index (Phi) is 4.75. The van der Waals surface area contributed by atoms with Crippen LogP contribution in [0.1, 0.15) is 12.5 Å². The zero-order chi connectivity index (χ0) is 12.1. The van der Waals surface area contributed by atoms with Gasteiger partial charge in [-0.05, 0) is 13.0 Å². The lowest BCUT2D eigenvalue weighted by molar-refractivity contribution is 0.682. The monoisotopic (exact) mass is 258 g/mol. The third-order valence-electron chi connectivity index (χ3n) is 1.85. The number of rotatable bonds is 5. The summed E-state index contributed by atoms with van der Waals surface area (Å²) in [5.74, 6) is 1.07. The third kappa shape index (κ3) is 3.82. The Balaban J connectivity index is 2.80. The summed E-state index contributed by atoms with van der Waals surface area (Å²) in [5, 5.41) is 10.8. The number of thiocarbonyl (C=S) groups is 1. The van der Waals surface area contributed by atoms with E-state index in [1.54, 1.807) is 12.3 Å². The van der Waals surface area contributed by atoms with Gasteiger partial charge in [0.15, 0.2) is 5.82 Å². The van der Waals surface area contributed by atoms with Crippen molar-refractivity contribution in [3.8, 4) is 0 Å². The number of nitrogens with zero attached hydrogens (tertiary/aromatic N) is 2. The maximum absolute atomic E-state index is 11.0. The van der Waals surface area contributed by atoms with Crippen LogP contribution in [0, 0.1) is 0 Å². The Labute approximate surface area is 102 Å². The van der Waals surface area contributed by atoms with Crippen LogP contribution in [0.15, 0.2) is 12.3 Å². The highest BCUT2D eigenvalue weighted by atomic mass is 32.2. The van der Waals surface area contributed by atoms with Gasteiger partial charge in [-0.1, -0.05) is 12.2 Å². The Morgan fingerprint density at radius 1 is 1.75 bits per heavy atom. The van der Waals surface area contributed by atoms with Gasteiger partial charge < -0.3 is 11.1 Å². The van der Waals surface area contributed by atoms with E-state index in [0.717, 1.165) is 0 Å². The zero-order valence-corrected chi connectivity index (χ0v) is 10.8. The van der Waals surface area contributed by atoms with E-state index < -0.39 is 10.8 Å². The number of nitrogens with two attached hydrogens (primary N) is 1. The van der Waals surface area contributed by atoms with E-state index >= 15 is 0 Å². The van der Waals surface area contributed by atoms with Gasteiger partial charge >= 0.3 is 0 Å². The Morgan fingerprint density at radius 2 is 2.44 bits per heavy atom. The smallest absolute Gasteiger partial charge is 0.159 e. The quantitative estimate of drug-likeness (QED) is 0.739. The highest BCUT2D eigenvalue weighted by Crippen LogP contribution is 2.11. The molecular weight excluding hydrogens is 244 g/mol. The molecule has 7 heteroatoms. The van der Waals surface area contributed by atoms with Gasteiger partial charge in [0.05, 0.1) is 11.8 Å². The van der Waals surface area contributed by atoms with E-state index in [2.05, 4.69) is 15.5 Å². The van der Waals surface area contributed by atoms with Gasteiger partial charge in [0, 0.05) is 28.9 Å². The second kappa shape index (κ2) is 5.86. The largest absolute Gasteiger partial charge is 0.389 e. The molecule has 0 fully saturated rings. The normalized spacial score (nSPS) is 14.1. The molecule has 5 nitrogen and oxygen atoms in total. The molecule has 0 saturated heterocycles. The van der Waals surface area contributed by atoms with Crippen molar-refractivity contribution in [3.05, 3.63) is 17.8 Å². The average molecular weight is 258 g/mol. The number of aromatic nitrogens is 2. The lowest BCUT2D eigenvalue weighted by atomic mass is 10.2. The highest BCUT2D eigenvalue weighted by Gasteiger charge is 2.10. The molecule has 0 aromatic carbocycles. The standard InChI is InChI=1S/C9H14N4OS2/c1-6(5-16(2)14)12-9-7(8(10)15)3-4-11-13-9/h3-4,6H,5H2,1-2H3,(H2,10,15)(H,12,13). The minimum absolute atomic E-state index is 0.0237. The van der Waals surface area contributed by atoms with Gasteiger partial charge in [-0.3, -0.25) is 4.21 Å². The van der Waals surface area contributed by atoms with Gasteiger partial charge in [-0.25, -0.2) is 0 Å². The zero-order valence-electron chi connectivity index (χ0n) is 9.14.